The van der Waals surface area contributed by atoms with Crippen molar-refractivity contribution < 1.29 is 19.2 Å². The molecule has 0 unspecified atom stereocenters. The van der Waals surface area contributed by atoms with Crippen LogP contribution in [0.15, 0.2) is 42.7 Å². The summed E-state index contributed by atoms with van der Waals surface area (Å²) in [5.74, 6) is -0.987. The maximum absolute atomic E-state index is 13.1. The van der Waals surface area contributed by atoms with Gasteiger partial charge in [0.2, 0.25) is 0 Å². The number of methoxy groups -OCH3 is 1. The smallest absolute Gasteiger partial charge is 0.340 e. The quantitative estimate of drug-likeness (QED) is 0.285. The SMILES string of the molecule is COC(=O)c1cc(C)sc1NC(=O)c1cc(-c2cccc([N+](=O)[O-])c2)nc2ncnn12. The number of nitrogens with one attached hydrogen (secondary N) is 1. The standard InChI is InChI=1S/C19H14N6O5S/c1-10-6-13(18(27)30-2)17(31-10)23-16(26)15-8-14(22-19-20-9-21-24(15)19)11-4-3-5-12(7-11)25(28)29/h3-9H,1-2H3,(H,23,26). The summed E-state index contributed by atoms with van der Waals surface area (Å²) in [6.45, 7) is 1.80. The number of ether oxygens (including phenoxy) is 1. The highest BCUT2D eigenvalue weighted by Crippen LogP contribution is 2.29. The number of amides is 1. The van der Waals surface area contributed by atoms with E-state index in [1.54, 1.807) is 19.1 Å². The molecular weight excluding hydrogens is 424 g/mol. The van der Waals surface area contributed by atoms with E-state index < -0.39 is 16.8 Å². The fourth-order valence-corrected chi connectivity index (χ4v) is 3.83. The van der Waals surface area contributed by atoms with Crippen LogP contribution in [0, 0.1) is 17.0 Å². The zero-order chi connectivity index (χ0) is 22.1. The third-order valence-corrected chi connectivity index (χ3v) is 5.29. The lowest BCUT2D eigenvalue weighted by molar-refractivity contribution is -0.384. The normalized spacial score (nSPS) is 10.8. The van der Waals surface area contributed by atoms with Crippen LogP contribution >= 0.6 is 11.3 Å². The second-order valence-corrected chi connectivity index (χ2v) is 7.61. The summed E-state index contributed by atoms with van der Waals surface area (Å²) in [5.41, 5.74) is 0.969. The van der Waals surface area contributed by atoms with Crippen LogP contribution in [0.25, 0.3) is 17.0 Å². The number of thiophene rings is 1. The zero-order valence-corrected chi connectivity index (χ0v) is 17.0. The van der Waals surface area contributed by atoms with Gasteiger partial charge in [-0.25, -0.2) is 9.78 Å². The molecule has 12 heteroatoms. The Kier molecular flexibility index (Phi) is 5.13. The van der Waals surface area contributed by atoms with Gasteiger partial charge in [-0.3, -0.25) is 14.9 Å². The lowest BCUT2D eigenvalue weighted by Gasteiger charge is -2.09. The van der Waals surface area contributed by atoms with Crippen LogP contribution < -0.4 is 5.32 Å². The number of nitrogens with zero attached hydrogens (tertiary/aromatic N) is 5. The van der Waals surface area contributed by atoms with Gasteiger partial charge >= 0.3 is 5.97 Å². The number of nitro groups is 1. The van der Waals surface area contributed by atoms with E-state index in [0.717, 1.165) is 4.88 Å². The molecule has 0 atom stereocenters. The van der Waals surface area contributed by atoms with E-state index in [9.17, 15) is 19.7 Å². The van der Waals surface area contributed by atoms with Crippen molar-refractivity contribution in [3.8, 4) is 11.3 Å². The first kappa shape index (κ1) is 20.1. The average Bonchev–Trinajstić information content (AvgIpc) is 3.38. The molecule has 0 radical (unpaired) electrons. The number of rotatable bonds is 5. The van der Waals surface area contributed by atoms with Crippen LogP contribution in [0.2, 0.25) is 0 Å². The third kappa shape index (κ3) is 3.83. The molecule has 4 aromatic rings. The molecular formula is C19H14N6O5S. The molecule has 0 saturated heterocycles. The van der Waals surface area contributed by atoms with Crippen molar-refractivity contribution in [2.45, 2.75) is 6.92 Å². The van der Waals surface area contributed by atoms with Crippen molar-refractivity contribution in [3.63, 3.8) is 0 Å². The van der Waals surface area contributed by atoms with Crippen molar-refractivity contribution in [1.82, 2.24) is 19.6 Å². The molecule has 3 aromatic heterocycles. The molecule has 0 fully saturated rings. The lowest BCUT2D eigenvalue weighted by Crippen LogP contribution is -2.18. The molecule has 3 heterocycles. The number of non-ortho nitro benzene ring substituents is 1. The number of aryl methyl sites for hydroxylation is 1. The number of anilines is 1. The number of esters is 1. The van der Waals surface area contributed by atoms with E-state index in [2.05, 4.69) is 20.4 Å². The molecule has 11 nitrogen and oxygen atoms in total. The monoisotopic (exact) mass is 438 g/mol. The minimum atomic E-state index is -0.572. The van der Waals surface area contributed by atoms with Crippen LogP contribution in [0.4, 0.5) is 10.7 Å². The first-order chi connectivity index (χ1) is 14.9. The summed E-state index contributed by atoms with van der Waals surface area (Å²) in [6, 6.07) is 8.96. The van der Waals surface area contributed by atoms with E-state index in [1.165, 1.54) is 53.6 Å². The van der Waals surface area contributed by atoms with Crippen LogP contribution in [0.1, 0.15) is 25.7 Å². The molecule has 0 aliphatic rings. The highest BCUT2D eigenvalue weighted by Gasteiger charge is 2.21. The van der Waals surface area contributed by atoms with Gasteiger partial charge in [0.25, 0.3) is 17.4 Å². The van der Waals surface area contributed by atoms with Crippen molar-refractivity contribution in [1.29, 1.82) is 0 Å². The first-order valence-electron chi connectivity index (χ1n) is 8.83. The second kappa shape index (κ2) is 7.91. The van der Waals surface area contributed by atoms with Crippen molar-refractivity contribution in [3.05, 3.63) is 69.0 Å². The molecule has 156 valence electrons. The van der Waals surface area contributed by atoms with Gasteiger partial charge in [-0.2, -0.15) is 14.6 Å². The molecule has 1 aromatic carbocycles. The number of carbonyl (C=O) groups is 2. The van der Waals surface area contributed by atoms with Gasteiger partial charge in [0.05, 0.1) is 23.3 Å². The summed E-state index contributed by atoms with van der Waals surface area (Å²) in [7, 11) is 1.26. The fourth-order valence-electron chi connectivity index (χ4n) is 2.94. The van der Waals surface area contributed by atoms with E-state index in [4.69, 9.17) is 4.74 Å². The molecule has 0 aliphatic carbocycles. The topological polar surface area (TPSA) is 142 Å². The van der Waals surface area contributed by atoms with Crippen LogP contribution in [-0.2, 0) is 4.74 Å². The summed E-state index contributed by atoms with van der Waals surface area (Å²) < 4.78 is 6.01. The Labute approximate surface area is 178 Å². The largest absolute Gasteiger partial charge is 0.465 e. The first-order valence-corrected chi connectivity index (χ1v) is 9.64. The van der Waals surface area contributed by atoms with Crippen LogP contribution in [0.3, 0.4) is 0 Å². The molecule has 0 bridgehead atoms. The number of benzene rings is 1. The minimum Gasteiger partial charge on any atom is -0.465 e. The molecule has 1 amide bonds. The molecule has 0 spiro atoms. The summed E-state index contributed by atoms with van der Waals surface area (Å²) in [5, 5.41) is 18.2. The van der Waals surface area contributed by atoms with Gasteiger partial charge in [-0.15, -0.1) is 11.3 Å². The van der Waals surface area contributed by atoms with E-state index in [1.807, 2.05) is 0 Å². The average molecular weight is 438 g/mol. The number of hydrogen-bond acceptors (Lipinski definition) is 9. The van der Waals surface area contributed by atoms with E-state index >= 15 is 0 Å². The fraction of sp³-hybridized carbons (Fsp3) is 0.105. The second-order valence-electron chi connectivity index (χ2n) is 6.35. The Bertz CT molecular complexity index is 1340. The Hall–Kier alpha value is -4.19. The molecule has 1 N–H and O–H groups in total. The zero-order valence-electron chi connectivity index (χ0n) is 16.2. The summed E-state index contributed by atoms with van der Waals surface area (Å²) in [6.07, 6.45) is 1.24. The van der Waals surface area contributed by atoms with Crippen LogP contribution in [-0.4, -0.2) is 43.5 Å². The van der Waals surface area contributed by atoms with Gasteiger partial charge in [0, 0.05) is 22.6 Å². The Balaban J connectivity index is 1.77. The van der Waals surface area contributed by atoms with Gasteiger partial charge in [-0.1, -0.05) is 12.1 Å². The predicted octanol–water partition coefficient (Wildman–Crippen LogP) is 3.11. The van der Waals surface area contributed by atoms with Gasteiger partial charge in [-0.05, 0) is 19.1 Å². The number of carbonyl (C=O) groups excluding carboxylic acids is 2. The molecule has 31 heavy (non-hydrogen) atoms. The molecule has 0 saturated carbocycles. The number of aromatic nitrogens is 4. The lowest BCUT2D eigenvalue weighted by atomic mass is 10.1. The third-order valence-electron chi connectivity index (χ3n) is 4.32. The predicted molar refractivity (Wildman–Crippen MR) is 111 cm³/mol. The Morgan fingerprint density at radius 2 is 2.06 bits per heavy atom. The van der Waals surface area contributed by atoms with Crippen molar-refractivity contribution in [2.75, 3.05) is 12.4 Å². The maximum atomic E-state index is 13.1. The van der Waals surface area contributed by atoms with Crippen LogP contribution in [0.5, 0.6) is 0 Å². The highest BCUT2D eigenvalue weighted by molar-refractivity contribution is 7.16. The summed E-state index contributed by atoms with van der Waals surface area (Å²) >= 11 is 1.23. The minimum absolute atomic E-state index is 0.0888. The number of hydrogen-bond donors (Lipinski definition) is 1. The molecule has 4 rings (SSSR count). The van der Waals surface area contributed by atoms with E-state index in [0.29, 0.717) is 16.3 Å². The Morgan fingerprint density at radius 1 is 1.26 bits per heavy atom. The highest BCUT2D eigenvalue weighted by atomic mass is 32.1. The number of fused-ring (bicyclic) bond motifs is 1. The van der Waals surface area contributed by atoms with Crippen molar-refractivity contribution in [2.24, 2.45) is 0 Å². The van der Waals surface area contributed by atoms with E-state index in [-0.39, 0.29) is 22.7 Å². The van der Waals surface area contributed by atoms with Gasteiger partial charge in [0.15, 0.2) is 0 Å². The molecule has 0 aliphatic heterocycles. The van der Waals surface area contributed by atoms with Gasteiger partial charge in [0.1, 0.15) is 17.0 Å². The van der Waals surface area contributed by atoms with Crippen molar-refractivity contribution >= 4 is 39.7 Å². The number of nitro benzene ring substituents is 1. The summed E-state index contributed by atoms with van der Waals surface area (Å²) in [4.78, 5) is 44.9. The maximum Gasteiger partial charge on any atom is 0.340 e. The Morgan fingerprint density at radius 3 is 2.81 bits per heavy atom. The van der Waals surface area contributed by atoms with Gasteiger partial charge < -0.3 is 10.1 Å².